The number of carbonyl (C=O) groups is 2. The number of sulfonamides is 1. The lowest BCUT2D eigenvalue weighted by molar-refractivity contribution is -0.186. The minimum atomic E-state index is -4.86. The zero-order valence-electron chi connectivity index (χ0n) is 25.9. The average Bonchev–Trinajstić information content (AvgIpc) is 3.07. The van der Waals surface area contributed by atoms with Crippen molar-refractivity contribution in [2.75, 3.05) is 30.9 Å². The molecule has 2 saturated heterocycles. The molecule has 0 spiro atoms. The molecular formula is C30H30ClF6N5O6S2. The number of alkyl halides is 6. The third-order valence-electron chi connectivity index (χ3n) is 8.17. The molecule has 0 radical (unpaired) electrons. The van der Waals surface area contributed by atoms with Crippen molar-refractivity contribution in [2.45, 2.75) is 59.7 Å². The van der Waals surface area contributed by atoms with Gasteiger partial charge >= 0.3 is 24.2 Å². The normalized spacial score (nSPS) is 16.7. The van der Waals surface area contributed by atoms with E-state index in [-0.39, 0.29) is 53.6 Å². The Bertz CT molecular complexity index is 1850. The number of likely N-dealkylation sites (tertiary alicyclic amines) is 2. The molecule has 1 aromatic heterocycles. The van der Waals surface area contributed by atoms with Gasteiger partial charge in [0.1, 0.15) is 12.1 Å². The smallest absolute Gasteiger partial charge is 0.335 e. The Labute approximate surface area is 288 Å². The van der Waals surface area contributed by atoms with E-state index >= 15 is 0 Å². The van der Waals surface area contributed by atoms with E-state index in [1.807, 2.05) is 0 Å². The number of rotatable bonds is 6. The van der Waals surface area contributed by atoms with Crippen LogP contribution < -0.4 is 4.72 Å². The molecule has 2 aliphatic rings. The van der Waals surface area contributed by atoms with Crippen molar-refractivity contribution in [3.05, 3.63) is 78.2 Å². The number of nitrogens with one attached hydrogen (secondary N) is 1. The van der Waals surface area contributed by atoms with Gasteiger partial charge in [-0.05, 0) is 79.0 Å². The lowest BCUT2D eigenvalue weighted by atomic mass is 9.89. The van der Waals surface area contributed by atoms with Crippen LogP contribution in [0.25, 0.3) is 0 Å². The van der Waals surface area contributed by atoms with Gasteiger partial charge in [0.25, 0.3) is 19.1 Å². The molecule has 0 saturated carbocycles. The molecule has 272 valence electrons. The van der Waals surface area contributed by atoms with E-state index in [1.165, 1.54) is 42.9 Å². The van der Waals surface area contributed by atoms with Gasteiger partial charge in [0.2, 0.25) is 0 Å². The third-order valence-corrected chi connectivity index (χ3v) is 10.9. The van der Waals surface area contributed by atoms with Crippen LogP contribution in [0.15, 0.2) is 76.9 Å². The number of carbonyl (C=O) groups excluding carboxylic acids is 2. The molecule has 11 nitrogen and oxygen atoms in total. The Morgan fingerprint density at radius 2 is 1.08 bits per heavy atom. The summed E-state index contributed by atoms with van der Waals surface area (Å²) in [5.74, 6) is -3.54. The standard InChI is InChI=1S/C17H17F3N4O3S.C13H13ClF3NO3S/c18-17(19,20)16(25)24-9-6-13(7-10-24)12-1-3-14(4-2-12)28(26,27)23-15-5-8-21-11-22-15;14-22(20,21)11-3-1-9(2-4-11)10-5-7-18(8-6-10)12(19)13(15,16)17/h1-5,8,11,13H,6-7,9-10H2,(H,21,22,23);1-4,10H,5-8H2. The number of hydrogen-bond acceptors (Lipinski definition) is 8. The summed E-state index contributed by atoms with van der Waals surface area (Å²) >= 11 is 0. The minimum absolute atomic E-state index is 0.00985. The molecule has 0 bridgehead atoms. The first-order valence-electron chi connectivity index (χ1n) is 14.9. The molecule has 2 aromatic carbocycles. The Morgan fingerprint density at radius 3 is 1.42 bits per heavy atom. The summed E-state index contributed by atoms with van der Waals surface area (Å²) in [6.45, 7) is 0.0772. The number of hydrogen-bond donors (Lipinski definition) is 1. The Morgan fingerprint density at radius 1 is 0.680 bits per heavy atom. The quantitative estimate of drug-likeness (QED) is 0.258. The van der Waals surface area contributed by atoms with Crippen LogP contribution in [0.2, 0.25) is 0 Å². The second kappa shape index (κ2) is 15.5. The zero-order valence-corrected chi connectivity index (χ0v) is 28.3. The van der Waals surface area contributed by atoms with Crippen LogP contribution in [-0.4, -0.2) is 86.9 Å². The van der Waals surface area contributed by atoms with Gasteiger partial charge in [-0.25, -0.2) is 26.8 Å². The van der Waals surface area contributed by atoms with Crippen molar-refractivity contribution >= 4 is 47.4 Å². The molecule has 3 aromatic rings. The molecule has 50 heavy (non-hydrogen) atoms. The Hall–Kier alpha value is -3.97. The van der Waals surface area contributed by atoms with Crippen LogP contribution in [-0.2, 0) is 28.7 Å². The lowest BCUT2D eigenvalue weighted by Crippen LogP contribution is -2.45. The second-order valence-corrected chi connectivity index (χ2v) is 15.7. The molecule has 2 aliphatic heterocycles. The van der Waals surface area contributed by atoms with Crippen molar-refractivity contribution in [3.8, 4) is 0 Å². The van der Waals surface area contributed by atoms with Crippen molar-refractivity contribution in [1.29, 1.82) is 0 Å². The molecule has 2 fully saturated rings. The zero-order chi connectivity index (χ0) is 36.9. The number of aromatic nitrogens is 2. The first kappa shape index (κ1) is 38.8. The van der Waals surface area contributed by atoms with Crippen molar-refractivity contribution in [3.63, 3.8) is 0 Å². The molecule has 5 rings (SSSR count). The summed E-state index contributed by atoms with van der Waals surface area (Å²) in [5.41, 5.74) is 1.64. The second-order valence-electron chi connectivity index (χ2n) is 11.4. The maximum Gasteiger partial charge on any atom is 0.471 e. The molecule has 0 unspecified atom stereocenters. The summed E-state index contributed by atoms with van der Waals surface area (Å²) in [7, 11) is -2.39. The van der Waals surface area contributed by atoms with Crippen LogP contribution in [0.1, 0.15) is 48.6 Å². The molecule has 0 atom stereocenters. The molecule has 3 heterocycles. The molecule has 20 heteroatoms. The number of nitrogens with zero attached hydrogens (tertiary/aromatic N) is 4. The van der Waals surface area contributed by atoms with E-state index in [4.69, 9.17) is 10.7 Å². The van der Waals surface area contributed by atoms with Gasteiger partial charge in [0.05, 0.1) is 9.79 Å². The minimum Gasteiger partial charge on any atom is -0.335 e. The lowest BCUT2D eigenvalue weighted by Gasteiger charge is -2.32. The molecule has 1 N–H and O–H groups in total. The van der Waals surface area contributed by atoms with Crippen molar-refractivity contribution in [2.24, 2.45) is 0 Å². The summed E-state index contributed by atoms with van der Waals surface area (Å²) in [6.07, 6.45) is -5.52. The van der Waals surface area contributed by atoms with Crippen LogP contribution in [0.3, 0.4) is 0 Å². The number of anilines is 1. The van der Waals surface area contributed by atoms with Gasteiger partial charge in [-0.15, -0.1) is 0 Å². The van der Waals surface area contributed by atoms with Crippen LogP contribution in [0.4, 0.5) is 32.2 Å². The third kappa shape index (κ3) is 10.3. The molecular weight excluding hydrogens is 740 g/mol. The highest BCUT2D eigenvalue weighted by molar-refractivity contribution is 8.13. The highest BCUT2D eigenvalue weighted by Crippen LogP contribution is 2.32. The van der Waals surface area contributed by atoms with Crippen molar-refractivity contribution in [1.82, 2.24) is 19.8 Å². The van der Waals surface area contributed by atoms with Crippen molar-refractivity contribution < 1.29 is 52.8 Å². The predicted molar refractivity (Wildman–Crippen MR) is 168 cm³/mol. The van der Waals surface area contributed by atoms with E-state index in [0.29, 0.717) is 25.7 Å². The van der Waals surface area contributed by atoms with Crippen LogP contribution >= 0.6 is 10.7 Å². The number of halogens is 7. The summed E-state index contributed by atoms with van der Waals surface area (Å²) in [6, 6.07) is 13.5. The van der Waals surface area contributed by atoms with Crippen LogP contribution in [0.5, 0.6) is 0 Å². The summed E-state index contributed by atoms with van der Waals surface area (Å²) in [4.78, 5) is 31.6. The fraction of sp³-hybridized carbons (Fsp3) is 0.400. The topological polar surface area (TPSA) is 147 Å². The van der Waals surface area contributed by atoms with Gasteiger partial charge in [-0.3, -0.25) is 14.3 Å². The first-order chi connectivity index (χ1) is 23.3. The van der Waals surface area contributed by atoms with Gasteiger partial charge in [0, 0.05) is 43.1 Å². The maximum atomic E-state index is 12.5. The van der Waals surface area contributed by atoms with Gasteiger partial charge in [-0.1, -0.05) is 24.3 Å². The monoisotopic (exact) mass is 769 g/mol. The largest absolute Gasteiger partial charge is 0.471 e. The van der Waals surface area contributed by atoms with Gasteiger partial charge in [0.15, 0.2) is 0 Å². The summed E-state index contributed by atoms with van der Waals surface area (Å²) in [5, 5.41) is 0. The Kier molecular flexibility index (Phi) is 12.0. The van der Waals surface area contributed by atoms with E-state index in [9.17, 15) is 52.8 Å². The molecule has 2 amide bonds. The number of benzene rings is 2. The van der Waals surface area contributed by atoms with Crippen LogP contribution in [0, 0.1) is 0 Å². The van der Waals surface area contributed by atoms with Gasteiger partial charge in [-0.2, -0.15) is 26.3 Å². The van der Waals surface area contributed by atoms with E-state index < -0.39 is 43.2 Å². The average molecular weight is 770 g/mol. The molecule has 0 aliphatic carbocycles. The SMILES string of the molecule is O=C(N1CCC(c2ccc(S(=O)(=O)Cl)cc2)CC1)C(F)(F)F.O=C(N1CCC(c2ccc(S(=O)(=O)Nc3ccncn3)cc2)CC1)C(F)(F)F. The maximum absolute atomic E-state index is 12.5. The predicted octanol–water partition coefficient (Wildman–Crippen LogP) is 5.43. The number of piperidine rings is 2. The Balaban J connectivity index is 0.000000232. The van der Waals surface area contributed by atoms with Gasteiger partial charge < -0.3 is 9.80 Å². The number of amides is 2. The fourth-order valence-corrected chi connectivity index (χ4v) is 7.34. The van der Waals surface area contributed by atoms with E-state index in [1.54, 1.807) is 24.3 Å². The highest BCUT2D eigenvalue weighted by Gasteiger charge is 2.44. The first-order valence-corrected chi connectivity index (χ1v) is 18.7. The van der Waals surface area contributed by atoms with E-state index in [2.05, 4.69) is 14.7 Å². The fourth-order valence-electron chi connectivity index (χ4n) is 5.56. The van der Waals surface area contributed by atoms with E-state index in [0.717, 1.165) is 20.9 Å². The summed E-state index contributed by atoms with van der Waals surface area (Å²) < 4.78 is 124. The highest BCUT2D eigenvalue weighted by atomic mass is 35.7.